The van der Waals surface area contributed by atoms with Crippen molar-refractivity contribution in [1.82, 2.24) is 14.8 Å². The Morgan fingerprint density at radius 1 is 1.62 bits per heavy atom. The first kappa shape index (κ1) is 8.37. The van der Waals surface area contributed by atoms with E-state index in [9.17, 15) is 0 Å². The van der Waals surface area contributed by atoms with Crippen molar-refractivity contribution in [2.24, 2.45) is 7.05 Å². The molecular formula is C8H9BrN4. The number of aryl methyl sites for hydroxylation is 1. The van der Waals surface area contributed by atoms with Gasteiger partial charge in [0, 0.05) is 13.2 Å². The highest BCUT2D eigenvalue weighted by Crippen LogP contribution is 2.30. The van der Waals surface area contributed by atoms with Crippen molar-refractivity contribution in [2.75, 3.05) is 5.73 Å². The number of hydrogen-bond acceptors (Lipinski definition) is 2. The van der Waals surface area contributed by atoms with Crippen molar-refractivity contribution >= 4 is 21.7 Å². The molecule has 4 nitrogen and oxygen atoms in total. The second kappa shape index (κ2) is 2.92. The summed E-state index contributed by atoms with van der Waals surface area (Å²) < 4.78 is 2.47. The van der Waals surface area contributed by atoms with Crippen molar-refractivity contribution in [2.45, 2.75) is 0 Å². The Balaban J connectivity index is 2.59. The molecule has 0 aliphatic rings. The van der Waals surface area contributed by atoms with Crippen LogP contribution in [0.15, 0.2) is 22.8 Å². The maximum Gasteiger partial charge on any atom is 0.136 e. The van der Waals surface area contributed by atoms with Crippen LogP contribution in [-0.4, -0.2) is 14.8 Å². The summed E-state index contributed by atoms with van der Waals surface area (Å²) in [5.41, 5.74) is 7.54. The summed E-state index contributed by atoms with van der Waals surface area (Å²) in [5.74, 6) is 0.629. The number of nitrogens with two attached hydrogens (primary N) is 1. The molecule has 0 fully saturated rings. The largest absolute Gasteiger partial charge is 0.383 e. The molecule has 2 aromatic heterocycles. The van der Waals surface area contributed by atoms with Crippen molar-refractivity contribution < 1.29 is 0 Å². The van der Waals surface area contributed by atoms with Crippen LogP contribution in [0.2, 0.25) is 0 Å². The average Bonchev–Trinajstić information content (AvgIpc) is 2.70. The molecule has 68 valence electrons. The number of H-pyrrole nitrogens is 1. The molecule has 2 heterocycles. The normalized spacial score (nSPS) is 10.6. The van der Waals surface area contributed by atoms with Crippen LogP contribution in [0.25, 0.3) is 11.4 Å². The molecule has 2 aromatic rings. The predicted molar refractivity (Wildman–Crippen MR) is 55.1 cm³/mol. The lowest BCUT2D eigenvalue weighted by atomic mass is 10.3. The summed E-state index contributed by atoms with van der Waals surface area (Å²) >= 11 is 3.39. The van der Waals surface area contributed by atoms with E-state index in [1.165, 1.54) is 0 Å². The lowest BCUT2D eigenvalue weighted by molar-refractivity contribution is 0.781. The molecule has 2 rings (SSSR count). The summed E-state index contributed by atoms with van der Waals surface area (Å²) in [6.45, 7) is 0. The van der Waals surface area contributed by atoms with Crippen LogP contribution < -0.4 is 5.73 Å². The molecule has 0 bridgehead atoms. The van der Waals surface area contributed by atoms with Gasteiger partial charge in [-0.05, 0) is 28.1 Å². The van der Waals surface area contributed by atoms with Gasteiger partial charge in [-0.1, -0.05) is 0 Å². The van der Waals surface area contributed by atoms with E-state index in [0.717, 1.165) is 15.9 Å². The molecule has 0 amide bonds. The van der Waals surface area contributed by atoms with Crippen molar-refractivity contribution in [3.63, 3.8) is 0 Å². The molecule has 0 aliphatic carbocycles. The van der Waals surface area contributed by atoms with Gasteiger partial charge in [0.05, 0.1) is 10.2 Å². The van der Waals surface area contributed by atoms with Crippen LogP contribution in [0.5, 0.6) is 0 Å². The van der Waals surface area contributed by atoms with E-state index in [1.807, 2.05) is 25.4 Å². The zero-order valence-electron chi connectivity index (χ0n) is 7.08. The minimum absolute atomic E-state index is 0.629. The van der Waals surface area contributed by atoms with Gasteiger partial charge in [-0.3, -0.25) is 4.68 Å². The van der Waals surface area contributed by atoms with Crippen LogP contribution in [0.3, 0.4) is 0 Å². The molecule has 13 heavy (non-hydrogen) atoms. The highest BCUT2D eigenvalue weighted by atomic mass is 79.9. The third kappa shape index (κ3) is 1.25. The van der Waals surface area contributed by atoms with Crippen LogP contribution in [-0.2, 0) is 7.05 Å². The molecule has 0 aliphatic heterocycles. The molecule has 0 aromatic carbocycles. The van der Waals surface area contributed by atoms with Gasteiger partial charge in [0.25, 0.3) is 0 Å². The number of nitrogens with zero attached hydrogens (tertiary/aromatic N) is 2. The van der Waals surface area contributed by atoms with Gasteiger partial charge in [0.15, 0.2) is 0 Å². The second-order valence-corrected chi connectivity index (χ2v) is 3.55. The summed E-state index contributed by atoms with van der Waals surface area (Å²) in [4.78, 5) is 3.07. The Bertz CT molecular complexity index is 416. The van der Waals surface area contributed by atoms with Crippen molar-refractivity contribution in [3.05, 3.63) is 22.8 Å². The molecule has 5 heteroatoms. The number of aromatic amines is 1. The molecule has 0 saturated heterocycles. The predicted octanol–water partition coefficient (Wildman–Crippen LogP) is 1.76. The second-order valence-electron chi connectivity index (χ2n) is 2.76. The Morgan fingerprint density at radius 2 is 2.38 bits per heavy atom. The average molecular weight is 241 g/mol. The highest BCUT2D eigenvalue weighted by molar-refractivity contribution is 9.10. The van der Waals surface area contributed by atoms with E-state index < -0.39 is 0 Å². The highest BCUT2D eigenvalue weighted by Gasteiger charge is 2.12. The standard InChI is InChI=1S/C8H9BrN4/c1-13-8(10)6(9)7(12-13)5-3-2-4-11-5/h2-4,11H,10H2,1H3. The quantitative estimate of drug-likeness (QED) is 0.799. The van der Waals surface area contributed by atoms with Gasteiger partial charge in [0.2, 0.25) is 0 Å². The lowest BCUT2D eigenvalue weighted by Crippen LogP contribution is -1.97. The summed E-state index contributed by atoms with van der Waals surface area (Å²) in [6.07, 6.45) is 1.85. The topological polar surface area (TPSA) is 59.6 Å². The van der Waals surface area contributed by atoms with Crippen LogP contribution >= 0.6 is 15.9 Å². The summed E-state index contributed by atoms with van der Waals surface area (Å²) in [7, 11) is 1.81. The zero-order valence-corrected chi connectivity index (χ0v) is 8.67. The van der Waals surface area contributed by atoms with Crippen LogP contribution in [0, 0.1) is 0 Å². The molecule has 0 saturated carbocycles. The fraction of sp³-hybridized carbons (Fsp3) is 0.125. The molecule has 0 unspecified atom stereocenters. The Morgan fingerprint density at radius 3 is 2.85 bits per heavy atom. The smallest absolute Gasteiger partial charge is 0.136 e. The molecule has 0 radical (unpaired) electrons. The monoisotopic (exact) mass is 240 g/mol. The number of hydrogen-bond donors (Lipinski definition) is 2. The maximum atomic E-state index is 5.75. The van der Waals surface area contributed by atoms with Crippen LogP contribution in [0.1, 0.15) is 0 Å². The van der Waals surface area contributed by atoms with Crippen LogP contribution in [0.4, 0.5) is 5.82 Å². The maximum absolute atomic E-state index is 5.75. The third-order valence-corrected chi connectivity index (χ3v) is 2.67. The number of halogens is 1. The van der Waals surface area contributed by atoms with E-state index >= 15 is 0 Å². The van der Waals surface area contributed by atoms with Gasteiger partial charge in [0.1, 0.15) is 11.5 Å². The number of aromatic nitrogens is 3. The zero-order chi connectivity index (χ0) is 9.42. The Labute approximate surface area is 83.9 Å². The first-order chi connectivity index (χ1) is 6.20. The number of nitrogens with one attached hydrogen (secondary N) is 1. The van der Waals surface area contributed by atoms with E-state index in [2.05, 4.69) is 26.0 Å². The van der Waals surface area contributed by atoms with E-state index in [0.29, 0.717) is 5.82 Å². The molecule has 3 N–H and O–H groups in total. The number of rotatable bonds is 1. The minimum Gasteiger partial charge on any atom is -0.383 e. The number of anilines is 1. The first-order valence-corrected chi connectivity index (χ1v) is 4.61. The molecule has 0 spiro atoms. The van der Waals surface area contributed by atoms with E-state index in [1.54, 1.807) is 4.68 Å². The van der Waals surface area contributed by atoms with Gasteiger partial charge in [-0.2, -0.15) is 5.10 Å². The summed E-state index contributed by atoms with van der Waals surface area (Å²) in [5, 5.41) is 4.27. The fourth-order valence-electron chi connectivity index (χ4n) is 1.16. The van der Waals surface area contributed by atoms with Gasteiger partial charge in [-0.25, -0.2) is 0 Å². The van der Waals surface area contributed by atoms with Gasteiger partial charge >= 0.3 is 0 Å². The molecule has 0 atom stereocenters. The van der Waals surface area contributed by atoms with Gasteiger partial charge in [-0.15, -0.1) is 0 Å². The Kier molecular flexibility index (Phi) is 1.88. The summed E-state index contributed by atoms with van der Waals surface area (Å²) in [6, 6.07) is 3.87. The van der Waals surface area contributed by atoms with E-state index in [-0.39, 0.29) is 0 Å². The lowest BCUT2D eigenvalue weighted by Gasteiger charge is -1.90. The Hall–Kier alpha value is -1.23. The van der Waals surface area contributed by atoms with Crippen molar-refractivity contribution in [3.8, 4) is 11.4 Å². The van der Waals surface area contributed by atoms with Crippen molar-refractivity contribution in [1.29, 1.82) is 0 Å². The fourth-order valence-corrected chi connectivity index (χ4v) is 1.71. The van der Waals surface area contributed by atoms with E-state index in [4.69, 9.17) is 5.73 Å². The number of nitrogen functional groups attached to an aromatic ring is 1. The third-order valence-electron chi connectivity index (χ3n) is 1.88. The SMILES string of the molecule is Cn1nc(-c2ccc[nH]2)c(Br)c1N. The first-order valence-electron chi connectivity index (χ1n) is 3.82. The minimum atomic E-state index is 0.629. The van der Waals surface area contributed by atoms with Gasteiger partial charge < -0.3 is 10.7 Å². The molecular weight excluding hydrogens is 232 g/mol.